The molecule has 1 unspecified atom stereocenters. The number of amides is 1. The minimum Gasteiger partial charge on any atom is -0.487 e. The van der Waals surface area contributed by atoms with Gasteiger partial charge in [-0.15, -0.1) is 11.6 Å². The molecule has 1 atom stereocenters. The maximum absolute atomic E-state index is 12.4. The van der Waals surface area contributed by atoms with Crippen molar-refractivity contribution >= 4 is 23.2 Å². The standard InChI is InChI=1S/C14H19ClN2O4/c1-4-21-13-11(6-5-7-12(13)17(19)20)14(18)16(3)9-8-10(2)15/h5-7,10H,4,8-9H2,1-3H3. The third-order valence-electron chi connectivity index (χ3n) is 2.92. The number of nitro groups is 1. The second kappa shape index (κ2) is 7.83. The zero-order valence-electron chi connectivity index (χ0n) is 12.3. The predicted octanol–water partition coefficient (Wildman–Crippen LogP) is 3.08. The van der Waals surface area contributed by atoms with Crippen LogP contribution < -0.4 is 4.74 Å². The van der Waals surface area contributed by atoms with Gasteiger partial charge in [-0.05, 0) is 26.3 Å². The summed E-state index contributed by atoms with van der Waals surface area (Å²) in [6, 6.07) is 4.33. The number of nitrogens with zero attached hydrogens (tertiary/aromatic N) is 2. The summed E-state index contributed by atoms with van der Waals surface area (Å²) in [5.74, 6) is -0.305. The zero-order chi connectivity index (χ0) is 16.0. The molecule has 6 nitrogen and oxygen atoms in total. The Labute approximate surface area is 128 Å². The molecule has 1 aromatic carbocycles. The van der Waals surface area contributed by atoms with Crippen LogP contribution in [0.2, 0.25) is 0 Å². The number of hydrogen-bond donors (Lipinski definition) is 0. The summed E-state index contributed by atoms with van der Waals surface area (Å²) in [4.78, 5) is 24.4. The molecule has 116 valence electrons. The van der Waals surface area contributed by atoms with Gasteiger partial charge in [0.2, 0.25) is 5.75 Å². The second-order valence-electron chi connectivity index (χ2n) is 4.64. The first-order valence-corrected chi connectivity index (χ1v) is 7.11. The van der Waals surface area contributed by atoms with Crippen LogP contribution in [0.15, 0.2) is 18.2 Å². The van der Waals surface area contributed by atoms with Gasteiger partial charge in [0.05, 0.1) is 17.1 Å². The van der Waals surface area contributed by atoms with Crippen LogP contribution in [0.5, 0.6) is 5.75 Å². The van der Waals surface area contributed by atoms with E-state index in [4.69, 9.17) is 16.3 Å². The van der Waals surface area contributed by atoms with Gasteiger partial charge >= 0.3 is 5.69 Å². The molecule has 21 heavy (non-hydrogen) atoms. The van der Waals surface area contributed by atoms with Gasteiger partial charge in [0, 0.05) is 25.0 Å². The number of hydrogen-bond acceptors (Lipinski definition) is 4. The van der Waals surface area contributed by atoms with E-state index in [1.165, 1.54) is 23.1 Å². The average Bonchev–Trinajstić information content (AvgIpc) is 2.44. The van der Waals surface area contributed by atoms with Crippen molar-refractivity contribution in [1.82, 2.24) is 4.90 Å². The van der Waals surface area contributed by atoms with Gasteiger partial charge in [-0.1, -0.05) is 6.07 Å². The van der Waals surface area contributed by atoms with E-state index >= 15 is 0 Å². The summed E-state index contributed by atoms with van der Waals surface area (Å²) in [6.45, 7) is 4.27. The van der Waals surface area contributed by atoms with Gasteiger partial charge in [-0.25, -0.2) is 0 Å². The van der Waals surface area contributed by atoms with Gasteiger partial charge in [0.25, 0.3) is 5.91 Å². The first kappa shape index (κ1) is 17.2. The molecule has 0 saturated heterocycles. The molecule has 0 aliphatic heterocycles. The molecule has 1 amide bonds. The Morgan fingerprint density at radius 3 is 2.71 bits per heavy atom. The van der Waals surface area contributed by atoms with Gasteiger partial charge < -0.3 is 9.64 Å². The number of carbonyl (C=O) groups is 1. The van der Waals surface area contributed by atoms with E-state index in [2.05, 4.69) is 0 Å². The van der Waals surface area contributed by atoms with Crippen molar-refractivity contribution in [3.63, 3.8) is 0 Å². The monoisotopic (exact) mass is 314 g/mol. The van der Waals surface area contributed by atoms with Crippen LogP contribution in [-0.2, 0) is 0 Å². The molecule has 0 aliphatic rings. The quantitative estimate of drug-likeness (QED) is 0.440. The van der Waals surface area contributed by atoms with Gasteiger partial charge in [-0.2, -0.15) is 0 Å². The fourth-order valence-corrected chi connectivity index (χ4v) is 1.91. The van der Waals surface area contributed by atoms with Gasteiger partial charge in [0.15, 0.2) is 0 Å². The Morgan fingerprint density at radius 2 is 2.19 bits per heavy atom. The highest BCUT2D eigenvalue weighted by molar-refractivity contribution is 6.20. The molecule has 0 radical (unpaired) electrons. The lowest BCUT2D eigenvalue weighted by Gasteiger charge is -2.19. The molecule has 0 spiro atoms. The lowest BCUT2D eigenvalue weighted by molar-refractivity contribution is -0.385. The van der Waals surface area contributed by atoms with E-state index in [9.17, 15) is 14.9 Å². The summed E-state index contributed by atoms with van der Waals surface area (Å²) >= 11 is 5.87. The number of alkyl halides is 1. The molecule has 7 heteroatoms. The highest BCUT2D eigenvalue weighted by Crippen LogP contribution is 2.31. The number of benzene rings is 1. The van der Waals surface area contributed by atoms with Crippen LogP contribution in [0.25, 0.3) is 0 Å². The van der Waals surface area contributed by atoms with Crippen LogP contribution in [0, 0.1) is 10.1 Å². The van der Waals surface area contributed by atoms with Crippen molar-refractivity contribution in [3.8, 4) is 5.75 Å². The topological polar surface area (TPSA) is 72.7 Å². The van der Waals surface area contributed by atoms with Crippen LogP contribution >= 0.6 is 11.6 Å². The summed E-state index contributed by atoms with van der Waals surface area (Å²) in [7, 11) is 1.64. The lowest BCUT2D eigenvalue weighted by Crippen LogP contribution is -2.29. The minimum atomic E-state index is -0.553. The fourth-order valence-electron chi connectivity index (χ4n) is 1.81. The van der Waals surface area contributed by atoms with Crippen LogP contribution in [-0.4, -0.2) is 41.3 Å². The molecule has 0 aliphatic carbocycles. The van der Waals surface area contributed by atoms with Crippen molar-refractivity contribution in [1.29, 1.82) is 0 Å². The third-order valence-corrected chi connectivity index (χ3v) is 3.14. The number of nitro benzene ring substituents is 1. The molecule has 0 bridgehead atoms. The third kappa shape index (κ3) is 4.60. The molecule has 1 aromatic rings. The Morgan fingerprint density at radius 1 is 1.52 bits per heavy atom. The van der Waals surface area contributed by atoms with E-state index in [0.29, 0.717) is 13.0 Å². The molecule has 0 fully saturated rings. The van der Waals surface area contributed by atoms with Gasteiger partial charge in [0.1, 0.15) is 0 Å². The lowest BCUT2D eigenvalue weighted by atomic mass is 10.1. The Kier molecular flexibility index (Phi) is 6.42. The van der Waals surface area contributed by atoms with Crippen molar-refractivity contribution in [2.45, 2.75) is 25.6 Å². The summed E-state index contributed by atoms with van der Waals surface area (Å²) in [5, 5.41) is 11.0. The molecule has 0 aromatic heterocycles. The van der Waals surface area contributed by atoms with E-state index in [0.717, 1.165) is 0 Å². The molecular weight excluding hydrogens is 296 g/mol. The van der Waals surface area contributed by atoms with Crippen LogP contribution in [0.1, 0.15) is 30.6 Å². The Bertz CT molecular complexity index is 520. The average molecular weight is 315 g/mol. The Hall–Kier alpha value is -1.82. The van der Waals surface area contributed by atoms with Crippen molar-refractivity contribution in [2.75, 3.05) is 20.2 Å². The van der Waals surface area contributed by atoms with Crippen molar-refractivity contribution in [3.05, 3.63) is 33.9 Å². The van der Waals surface area contributed by atoms with E-state index < -0.39 is 4.92 Å². The number of rotatable bonds is 7. The van der Waals surface area contributed by atoms with Gasteiger partial charge in [-0.3, -0.25) is 14.9 Å². The van der Waals surface area contributed by atoms with E-state index in [1.807, 2.05) is 6.92 Å². The second-order valence-corrected chi connectivity index (χ2v) is 5.39. The van der Waals surface area contributed by atoms with E-state index in [-0.39, 0.29) is 34.9 Å². The summed E-state index contributed by atoms with van der Waals surface area (Å²) < 4.78 is 5.31. The number of carbonyl (C=O) groups excluding carboxylic acids is 1. The Balaban J connectivity index is 3.08. The molecule has 0 saturated carbocycles. The van der Waals surface area contributed by atoms with Crippen LogP contribution in [0.4, 0.5) is 5.69 Å². The number of halogens is 1. The predicted molar refractivity (Wildman–Crippen MR) is 81.2 cm³/mol. The number of para-hydroxylation sites is 1. The maximum atomic E-state index is 12.4. The van der Waals surface area contributed by atoms with Crippen LogP contribution in [0.3, 0.4) is 0 Å². The number of ether oxygens (including phenoxy) is 1. The SMILES string of the molecule is CCOc1c(C(=O)N(C)CCC(C)Cl)cccc1[N+](=O)[O-]. The van der Waals surface area contributed by atoms with E-state index in [1.54, 1.807) is 14.0 Å². The maximum Gasteiger partial charge on any atom is 0.311 e. The largest absolute Gasteiger partial charge is 0.487 e. The van der Waals surface area contributed by atoms with Crippen molar-refractivity contribution in [2.24, 2.45) is 0 Å². The van der Waals surface area contributed by atoms with Crippen molar-refractivity contribution < 1.29 is 14.5 Å². The first-order chi connectivity index (χ1) is 9.88. The minimum absolute atomic E-state index is 0.0146. The zero-order valence-corrected chi connectivity index (χ0v) is 13.1. The highest BCUT2D eigenvalue weighted by Gasteiger charge is 2.24. The highest BCUT2D eigenvalue weighted by atomic mass is 35.5. The molecule has 0 heterocycles. The smallest absolute Gasteiger partial charge is 0.311 e. The molecule has 0 N–H and O–H groups in total. The summed E-state index contributed by atoms with van der Waals surface area (Å²) in [6.07, 6.45) is 0.642. The molecular formula is C14H19ClN2O4. The summed E-state index contributed by atoms with van der Waals surface area (Å²) in [5.41, 5.74) is -0.0161. The first-order valence-electron chi connectivity index (χ1n) is 6.68. The normalized spacial score (nSPS) is 11.8. The fraction of sp³-hybridized carbons (Fsp3) is 0.500. The molecule has 1 rings (SSSR count).